The van der Waals surface area contributed by atoms with E-state index in [1.807, 2.05) is 0 Å². The predicted molar refractivity (Wildman–Crippen MR) is 51.6 cm³/mol. The highest BCUT2D eigenvalue weighted by atomic mass is 15.5. The minimum atomic E-state index is 0.178. The first-order valence-corrected chi connectivity index (χ1v) is 5.06. The van der Waals surface area contributed by atoms with Gasteiger partial charge in [0, 0.05) is 6.04 Å². The van der Waals surface area contributed by atoms with Crippen molar-refractivity contribution in [3.8, 4) is 0 Å². The molecule has 1 aliphatic rings. The topological polar surface area (TPSA) is 78.5 Å². The third kappa shape index (κ3) is 2.27. The summed E-state index contributed by atoms with van der Waals surface area (Å²) in [5, 5.41) is 20.8. The Morgan fingerprint density at radius 1 is 1.43 bits per heavy atom. The molecule has 1 fully saturated rings. The van der Waals surface area contributed by atoms with Crippen molar-refractivity contribution in [1.82, 2.24) is 31.3 Å². The van der Waals surface area contributed by atoms with Gasteiger partial charge in [-0.25, -0.2) is 0 Å². The highest BCUT2D eigenvalue weighted by Crippen LogP contribution is 2.10. The first kappa shape index (κ1) is 9.54. The fraction of sp³-hybridized carbons (Fsp3) is 0.875. The van der Waals surface area contributed by atoms with Crippen LogP contribution in [0.4, 0.5) is 0 Å². The lowest BCUT2D eigenvalue weighted by Gasteiger charge is -2.25. The largest absolute Gasteiger partial charge is 0.317 e. The Hall–Kier alpha value is -1.01. The second-order valence-corrected chi connectivity index (χ2v) is 3.68. The van der Waals surface area contributed by atoms with E-state index in [0.29, 0.717) is 6.04 Å². The van der Waals surface area contributed by atoms with Gasteiger partial charge in [0.2, 0.25) is 0 Å². The molecule has 0 saturated carbocycles. The summed E-state index contributed by atoms with van der Waals surface area (Å²) in [4.78, 5) is 0. The zero-order chi connectivity index (χ0) is 9.80. The van der Waals surface area contributed by atoms with Crippen LogP contribution in [0.3, 0.4) is 0 Å². The van der Waals surface area contributed by atoms with Crippen molar-refractivity contribution in [3.05, 3.63) is 5.82 Å². The van der Waals surface area contributed by atoms with Crippen LogP contribution in [0.2, 0.25) is 0 Å². The molecule has 14 heavy (non-hydrogen) atoms. The van der Waals surface area contributed by atoms with Gasteiger partial charge in [-0.1, -0.05) is 5.21 Å². The Bertz CT molecular complexity index is 253. The molecule has 6 nitrogen and oxygen atoms in total. The van der Waals surface area contributed by atoms with E-state index in [9.17, 15) is 0 Å². The van der Waals surface area contributed by atoms with Crippen LogP contribution in [0.15, 0.2) is 0 Å². The van der Waals surface area contributed by atoms with Crippen LogP contribution in [0.1, 0.15) is 31.6 Å². The zero-order valence-electron chi connectivity index (χ0n) is 8.32. The van der Waals surface area contributed by atoms with Crippen molar-refractivity contribution in [3.63, 3.8) is 0 Å². The highest BCUT2D eigenvalue weighted by molar-refractivity contribution is 4.88. The highest BCUT2D eigenvalue weighted by Gasteiger charge is 2.17. The minimum absolute atomic E-state index is 0.178. The molecule has 2 heterocycles. The van der Waals surface area contributed by atoms with E-state index in [1.165, 1.54) is 12.8 Å². The van der Waals surface area contributed by atoms with Gasteiger partial charge in [0.15, 0.2) is 5.82 Å². The van der Waals surface area contributed by atoms with Gasteiger partial charge in [-0.05, 0) is 32.9 Å². The van der Waals surface area contributed by atoms with Crippen LogP contribution < -0.4 is 10.6 Å². The maximum Gasteiger partial charge on any atom is 0.191 e. The Morgan fingerprint density at radius 3 is 2.86 bits per heavy atom. The second-order valence-electron chi connectivity index (χ2n) is 3.68. The summed E-state index contributed by atoms with van der Waals surface area (Å²) >= 11 is 0. The Labute approximate surface area is 82.9 Å². The molecule has 0 amide bonds. The molecule has 6 heteroatoms. The lowest BCUT2D eigenvalue weighted by Crippen LogP contribution is -2.41. The average Bonchev–Trinajstić information content (AvgIpc) is 2.72. The number of nitrogens with one attached hydrogen (secondary N) is 3. The van der Waals surface area contributed by atoms with Gasteiger partial charge in [-0.2, -0.15) is 5.21 Å². The van der Waals surface area contributed by atoms with Gasteiger partial charge in [-0.15, -0.1) is 10.2 Å². The van der Waals surface area contributed by atoms with Gasteiger partial charge >= 0.3 is 0 Å². The number of aromatic amines is 1. The van der Waals surface area contributed by atoms with E-state index in [-0.39, 0.29) is 6.04 Å². The molecule has 0 aromatic carbocycles. The molecule has 78 valence electrons. The summed E-state index contributed by atoms with van der Waals surface area (Å²) in [6.07, 6.45) is 2.34. The van der Waals surface area contributed by atoms with Gasteiger partial charge in [0.05, 0.1) is 6.04 Å². The monoisotopic (exact) mass is 196 g/mol. The van der Waals surface area contributed by atoms with Gasteiger partial charge in [0.1, 0.15) is 0 Å². The molecule has 0 spiro atoms. The summed E-state index contributed by atoms with van der Waals surface area (Å²) in [5.74, 6) is 0.739. The molecule has 1 aromatic rings. The number of hydrogen-bond donors (Lipinski definition) is 3. The predicted octanol–water partition coefficient (Wildman–Crippen LogP) is -0.398. The molecule has 1 atom stereocenters. The van der Waals surface area contributed by atoms with Crippen molar-refractivity contribution < 1.29 is 0 Å². The summed E-state index contributed by atoms with van der Waals surface area (Å²) in [6.45, 7) is 4.25. The van der Waals surface area contributed by atoms with E-state index >= 15 is 0 Å². The molecule has 1 saturated heterocycles. The van der Waals surface area contributed by atoms with E-state index < -0.39 is 0 Å². The maximum atomic E-state index is 3.96. The van der Waals surface area contributed by atoms with E-state index in [2.05, 4.69) is 38.2 Å². The number of hydrogen-bond acceptors (Lipinski definition) is 5. The van der Waals surface area contributed by atoms with E-state index in [4.69, 9.17) is 0 Å². The average molecular weight is 196 g/mol. The van der Waals surface area contributed by atoms with Gasteiger partial charge in [-0.3, -0.25) is 0 Å². The number of piperidine rings is 1. The second kappa shape index (κ2) is 4.47. The van der Waals surface area contributed by atoms with Gasteiger partial charge < -0.3 is 10.6 Å². The SMILES string of the molecule is CC(NC1CCNCC1)c1nn[nH]n1. The number of nitrogens with zero attached hydrogens (tertiary/aromatic N) is 3. The lowest BCUT2D eigenvalue weighted by molar-refractivity contribution is 0.353. The molecular formula is C8H16N6. The zero-order valence-corrected chi connectivity index (χ0v) is 8.32. The van der Waals surface area contributed by atoms with Crippen molar-refractivity contribution in [2.45, 2.75) is 31.8 Å². The minimum Gasteiger partial charge on any atom is -0.317 e. The van der Waals surface area contributed by atoms with Crippen molar-refractivity contribution in [1.29, 1.82) is 0 Å². The summed E-state index contributed by atoms with van der Waals surface area (Å²) in [6, 6.07) is 0.751. The fourth-order valence-corrected chi connectivity index (χ4v) is 1.77. The van der Waals surface area contributed by atoms with E-state index in [0.717, 1.165) is 18.9 Å². The fourth-order valence-electron chi connectivity index (χ4n) is 1.77. The van der Waals surface area contributed by atoms with Crippen LogP contribution in [-0.2, 0) is 0 Å². The Balaban J connectivity index is 1.84. The molecule has 0 aliphatic carbocycles. The molecule has 3 N–H and O–H groups in total. The quantitative estimate of drug-likeness (QED) is 0.613. The third-order valence-corrected chi connectivity index (χ3v) is 2.57. The molecule has 0 bridgehead atoms. The number of rotatable bonds is 3. The Morgan fingerprint density at radius 2 is 2.21 bits per heavy atom. The summed E-state index contributed by atoms with van der Waals surface area (Å²) in [5.41, 5.74) is 0. The van der Waals surface area contributed by atoms with Crippen molar-refractivity contribution >= 4 is 0 Å². The first-order valence-electron chi connectivity index (χ1n) is 5.06. The number of tetrazole rings is 1. The summed E-state index contributed by atoms with van der Waals surface area (Å²) in [7, 11) is 0. The molecule has 1 aromatic heterocycles. The molecular weight excluding hydrogens is 180 g/mol. The smallest absolute Gasteiger partial charge is 0.191 e. The van der Waals surface area contributed by atoms with Crippen molar-refractivity contribution in [2.75, 3.05) is 13.1 Å². The summed E-state index contributed by atoms with van der Waals surface area (Å²) < 4.78 is 0. The van der Waals surface area contributed by atoms with Crippen LogP contribution in [0.5, 0.6) is 0 Å². The molecule has 1 aliphatic heterocycles. The maximum absolute atomic E-state index is 3.96. The third-order valence-electron chi connectivity index (χ3n) is 2.57. The van der Waals surface area contributed by atoms with Crippen LogP contribution >= 0.6 is 0 Å². The van der Waals surface area contributed by atoms with Crippen LogP contribution in [0.25, 0.3) is 0 Å². The molecule has 1 unspecified atom stereocenters. The Kier molecular flexibility index (Phi) is 3.05. The standard InChI is InChI=1S/C8H16N6/c1-6(8-11-13-14-12-8)10-7-2-4-9-5-3-7/h6-7,9-10H,2-5H2,1H3,(H,11,12,13,14). The lowest BCUT2D eigenvalue weighted by atomic mass is 10.1. The number of aromatic nitrogens is 4. The first-order chi connectivity index (χ1) is 6.86. The van der Waals surface area contributed by atoms with Crippen LogP contribution in [-0.4, -0.2) is 39.8 Å². The number of H-pyrrole nitrogens is 1. The molecule has 2 rings (SSSR count). The molecule has 0 radical (unpaired) electrons. The van der Waals surface area contributed by atoms with Crippen LogP contribution in [0, 0.1) is 0 Å². The van der Waals surface area contributed by atoms with Crippen molar-refractivity contribution in [2.24, 2.45) is 0 Å². The normalized spacial score (nSPS) is 20.9. The van der Waals surface area contributed by atoms with Gasteiger partial charge in [0.25, 0.3) is 0 Å². The van der Waals surface area contributed by atoms with E-state index in [1.54, 1.807) is 0 Å².